The quantitative estimate of drug-likeness (QED) is 0.878. The zero-order valence-corrected chi connectivity index (χ0v) is 13.7. The van der Waals surface area contributed by atoms with Crippen LogP contribution < -0.4 is 9.47 Å². The summed E-state index contributed by atoms with van der Waals surface area (Å²) in [5, 5.41) is 7.31. The van der Waals surface area contributed by atoms with Gasteiger partial charge in [-0.1, -0.05) is 26.0 Å². The lowest BCUT2D eigenvalue weighted by Crippen LogP contribution is -2.29. The van der Waals surface area contributed by atoms with E-state index in [1.165, 1.54) is 0 Å². The van der Waals surface area contributed by atoms with Gasteiger partial charge in [-0.25, -0.2) is 0 Å². The van der Waals surface area contributed by atoms with E-state index < -0.39 is 0 Å². The van der Waals surface area contributed by atoms with Gasteiger partial charge in [-0.05, 0) is 23.6 Å². The van der Waals surface area contributed by atoms with Crippen LogP contribution in [0.1, 0.15) is 53.1 Å². The van der Waals surface area contributed by atoms with Crippen LogP contribution in [0.4, 0.5) is 0 Å². The Kier molecular flexibility index (Phi) is 3.33. The summed E-state index contributed by atoms with van der Waals surface area (Å²) < 4.78 is 10.9. The minimum Gasteiger partial charge on any atom is -0.454 e. The van der Waals surface area contributed by atoms with Crippen molar-refractivity contribution < 1.29 is 14.3 Å². The van der Waals surface area contributed by atoms with Crippen molar-refractivity contribution in [2.75, 3.05) is 13.3 Å². The van der Waals surface area contributed by atoms with Crippen LogP contribution >= 0.6 is 0 Å². The monoisotopic (exact) mass is 325 g/mol. The second-order valence-corrected chi connectivity index (χ2v) is 6.32. The number of nitrogens with one attached hydrogen (secondary N) is 1. The van der Waals surface area contributed by atoms with Crippen LogP contribution in [-0.4, -0.2) is 34.3 Å². The highest BCUT2D eigenvalue weighted by Crippen LogP contribution is 2.44. The first-order valence-electron chi connectivity index (χ1n) is 8.01. The van der Waals surface area contributed by atoms with Crippen molar-refractivity contribution >= 4 is 5.91 Å². The fraction of sp³-hybridized carbons (Fsp3) is 0.333. The molecule has 2 aromatic rings. The lowest BCUT2D eigenvalue weighted by Gasteiger charge is -2.25. The lowest BCUT2D eigenvalue weighted by atomic mass is 9.94. The van der Waals surface area contributed by atoms with Crippen molar-refractivity contribution in [1.82, 2.24) is 15.1 Å². The largest absolute Gasteiger partial charge is 0.454 e. The molecule has 3 heterocycles. The maximum absolute atomic E-state index is 12.8. The third kappa shape index (κ3) is 2.02. The van der Waals surface area contributed by atoms with E-state index in [1.54, 1.807) is 11.0 Å². The van der Waals surface area contributed by atoms with Gasteiger partial charge in [0.15, 0.2) is 17.2 Å². The Bertz CT molecular complexity index is 825. The standard InChI is InChI=1S/C18H19N3O3/c1-4-7-21-17(11-5-6-12-13(8-11)24-9-23-12)14-15(10(2)3)19-20-16(14)18(21)22/h4-6,8,10,17H,1,7,9H2,2-3H3,(H,19,20). The molecule has 6 heteroatoms. The number of aromatic amines is 1. The number of amides is 1. The Morgan fingerprint density at radius 2 is 2.21 bits per heavy atom. The molecule has 1 aromatic carbocycles. The molecule has 0 radical (unpaired) electrons. The normalized spacial score (nSPS) is 18.4. The number of aromatic nitrogens is 2. The molecule has 24 heavy (non-hydrogen) atoms. The highest BCUT2D eigenvalue weighted by molar-refractivity contribution is 5.98. The molecule has 1 unspecified atom stereocenters. The molecule has 1 aromatic heterocycles. The first kappa shape index (κ1) is 14.8. The number of carbonyl (C=O) groups is 1. The third-order valence-corrected chi connectivity index (χ3v) is 4.50. The number of hydrogen-bond acceptors (Lipinski definition) is 4. The summed E-state index contributed by atoms with van der Waals surface area (Å²) in [6.07, 6.45) is 1.74. The summed E-state index contributed by atoms with van der Waals surface area (Å²) in [5.74, 6) is 1.61. The van der Waals surface area contributed by atoms with E-state index in [2.05, 4.69) is 30.6 Å². The molecule has 0 saturated carbocycles. The van der Waals surface area contributed by atoms with Gasteiger partial charge in [0, 0.05) is 17.8 Å². The van der Waals surface area contributed by atoms with E-state index in [9.17, 15) is 4.79 Å². The Labute approximate surface area is 140 Å². The summed E-state index contributed by atoms with van der Waals surface area (Å²) in [6.45, 7) is 8.65. The highest BCUT2D eigenvalue weighted by Gasteiger charge is 2.42. The second kappa shape index (κ2) is 5.40. The number of fused-ring (bicyclic) bond motifs is 2. The Balaban J connectivity index is 1.86. The molecule has 2 aliphatic heterocycles. The molecule has 2 aliphatic rings. The zero-order chi connectivity index (χ0) is 16.8. The van der Waals surface area contributed by atoms with Gasteiger partial charge in [-0.15, -0.1) is 6.58 Å². The molecule has 0 spiro atoms. The van der Waals surface area contributed by atoms with E-state index in [0.717, 1.165) is 22.6 Å². The van der Waals surface area contributed by atoms with Crippen molar-refractivity contribution in [2.24, 2.45) is 0 Å². The molecular formula is C18H19N3O3. The summed E-state index contributed by atoms with van der Waals surface area (Å²) in [7, 11) is 0. The summed E-state index contributed by atoms with van der Waals surface area (Å²) in [5.41, 5.74) is 3.43. The van der Waals surface area contributed by atoms with Gasteiger partial charge in [0.25, 0.3) is 5.91 Å². The molecule has 124 valence electrons. The van der Waals surface area contributed by atoms with Gasteiger partial charge >= 0.3 is 0 Å². The maximum atomic E-state index is 12.8. The van der Waals surface area contributed by atoms with Crippen molar-refractivity contribution in [3.8, 4) is 11.5 Å². The predicted molar refractivity (Wildman–Crippen MR) is 88.3 cm³/mol. The van der Waals surface area contributed by atoms with E-state index in [0.29, 0.717) is 18.0 Å². The number of H-pyrrole nitrogens is 1. The van der Waals surface area contributed by atoms with Gasteiger partial charge in [0.1, 0.15) is 0 Å². The predicted octanol–water partition coefficient (Wildman–Crippen LogP) is 2.99. The SMILES string of the molecule is C=CCN1C(=O)c2n[nH]c(C(C)C)c2C1c1ccc2c(c1)OCO2. The topological polar surface area (TPSA) is 67.5 Å². The first-order valence-corrected chi connectivity index (χ1v) is 8.01. The van der Waals surface area contributed by atoms with E-state index in [4.69, 9.17) is 9.47 Å². The molecule has 1 N–H and O–H groups in total. The molecule has 6 nitrogen and oxygen atoms in total. The average Bonchev–Trinajstić information content (AvgIpc) is 3.24. The fourth-order valence-electron chi connectivity index (χ4n) is 3.41. The lowest BCUT2D eigenvalue weighted by molar-refractivity contribution is 0.0763. The van der Waals surface area contributed by atoms with Crippen LogP contribution in [0.2, 0.25) is 0 Å². The molecule has 0 fully saturated rings. The number of ether oxygens (including phenoxy) is 2. The minimum absolute atomic E-state index is 0.0734. The van der Waals surface area contributed by atoms with Crippen molar-refractivity contribution in [2.45, 2.75) is 25.8 Å². The Morgan fingerprint density at radius 1 is 1.42 bits per heavy atom. The molecule has 0 saturated heterocycles. The van der Waals surface area contributed by atoms with Crippen molar-refractivity contribution in [3.63, 3.8) is 0 Å². The van der Waals surface area contributed by atoms with Crippen LogP contribution in [0.3, 0.4) is 0 Å². The maximum Gasteiger partial charge on any atom is 0.275 e. The number of hydrogen-bond donors (Lipinski definition) is 1. The van der Waals surface area contributed by atoms with Gasteiger partial charge in [-0.3, -0.25) is 9.89 Å². The molecule has 0 bridgehead atoms. The smallest absolute Gasteiger partial charge is 0.275 e. The highest BCUT2D eigenvalue weighted by atomic mass is 16.7. The van der Waals surface area contributed by atoms with Gasteiger partial charge < -0.3 is 14.4 Å². The number of carbonyl (C=O) groups excluding carboxylic acids is 1. The minimum atomic E-state index is -0.198. The summed E-state index contributed by atoms with van der Waals surface area (Å²) in [4.78, 5) is 14.6. The fourth-order valence-corrected chi connectivity index (χ4v) is 3.41. The summed E-state index contributed by atoms with van der Waals surface area (Å²) >= 11 is 0. The van der Waals surface area contributed by atoms with E-state index >= 15 is 0 Å². The van der Waals surface area contributed by atoms with Gasteiger partial charge in [-0.2, -0.15) is 5.10 Å². The Hall–Kier alpha value is -2.76. The van der Waals surface area contributed by atoms with E-state index in [1.807, 2.05) is 18.2 Å². The van der Waals surface area contributed by atoms with Crippen LogP contribution in [0.25, 0.3) is 0 Å². The van der Waals surface area contributed by atoms with Crippen LogP contribution in [0.15, 0.2) is 30.9 Å². The second-order valence-electron chi connectivity index (χ2n) is 6.32. The molecule has 0 aliphatic carbocycles. The van der Waals surface area contributed by atoms with Gasteiger partial charge in [0.05, 0.1) is 6.04 Å². The molecular weight excluding hydrogens is 306 g/mol. The zero-order valence-electron chi connectivity index (χ0n) is 13.7. The first-order chi connectivity index (χ1) is 11.6. The Morgan fingerprint density at radius 3 is 2.96 bits per heavy atom. The average molecular weight is 325 g/mol. The van der Waals surface area contributed by atoms with Crippen LogP contribution in [0.5, 0.6) is 11.5 Å². The van der Waals surface area contributed by atoms with Gasteiger partial charge in [0.2, 0.25) is 6.79 Å². The summed E-state index contributed by atoms with van der Waals surface area (Å²) in [6, 6.07) is 5.62. The molecule has 1 atom stereocenters. The van der Waals surface area contributed by atoms with Crippen molar-refractivity contribution in [3.05, 3.63) is 53.4 Å². The van der Waals surface area contributed by atoms with Crippen LogP contribution in [0, 0.1) is 0 Å². The number of nitrogens with zero attached hydrogens (tertiary/aromatic N) is 2. The molecule has 4 rings (SSSR count). The van der Waals surface area contributed by atoms with Crippen molar-refractivity contribution in [1.29, 1.82) is 0 Å². The number of rotatable bonds is 4. The van der Waals surface area contributed by atoms with E-state index in [-0.39, 0.29) is 24.7 Å². The molecule has 1 amide bonds. The third-order valence-electron chi connectivity index (χ3n) is 4.50. The van der Waals surface area contributed by atoms with Crippen LogP contribution in [-0.2, 0) is 0 Å². The number of benzene rings is 1.